The van der Waals surface area contributed by atoms with Gasteiger partial charge in [-0.3, -0.25) is 14.4 Å². The van der Waals surface area contributed by atoms with E-state index >= 15 is 0 Å². The Labute approximate surface area is 201 Å². The van der Waals surface area contributed by atoms with Crippen LogP contribution >= 0.6 is 0 Å². The lowest BCUT2D eigenvalue weighted by atomic mass is 9.44. The number of esters is 2. The van der Waals surface area contributed by atoms with Gasteiger partial charge in [0, 0.05) is 44.1 Å². The number of ether oxygens (including phenoxy) is 4. The summed E-state index contributed by atoms with van der Waals surface area (Å²) in [6, 6.07) is 0. The highest BCUT2D eigenvalue weighted by atomic mass is 16.6. The first-order valence-electron chi connectivity index (χ1n) is 12.2. The van der Waals surface area contributed by atoms with Crippen molar-refractivity contribution in [2.24, 2.45) is 22.7 Å². The number of ketones is 1. The van der Waals surface area contributed by atoms with E-state index in [2.05, 4.69) is 0 Å². The van der Waals surface area contributed by atoms with Gasteiger partial charge < -0.3 is 24.1 Å². The molecule has 0 radical (unpaired) electrons. The zero-order valence-corrected chi connectivity index (χ0v) is 21.5. The molecule has 0 amide bonds. The third kappa shape index (κ3) is 3.10. The molecule has 0 aromatic heterocycles. The van der Waals surface area contributed by atoms with E-state index in [1.807, 2.05) is 34.6 Å². The van der Waals surface area contributed by atoms with Crippen LogP contribution in [0.2, 0.25) is 0 Å². The van der Waals surface area contributed by atoms with Crippen LogP contribution in [0, 0.1) is 22.7 Å². The number of carbonyl (C=O) groups is 3. The van der Waals surface area contributed by atoms with Crippen LogP contribution in [0.4, 0.5) is 0 Å². The normalized spacial score (nSPS) is 45.2. The number of Topliss-reactive ketones (excluding diaryl/α,β-unsaturated/α-hetero) is 1. The summed E-state index contributed by atoms with van der Waals surface area (Å²) in [4.78, 5) is 39.1. The molecular formula is C26H38O8. The van der Waals surface area contributed by atoms with Crippen molar-refractivity contribution in [3.05, 3.63) is 11.1 Å². The molecule has 4 rings (SSSR count). The van der Waals surface area contributed by atoms with Crippen molar-refractivity contribution < 1.29 is 38.4 Å². The molecule has 2 bridgehead atoms. The summed E-state index contributed by atoms with van der Waals surface area (Å²) >= 11 is 0. The number of methoxy groups -OCH3 is 1. The minimum Gasteiger partial charge on any atom is -0.459 e. The van der Waals surface area contributed by atoms with Crippen LogP contribution in [0.25, 0.3) is 0 Å². The lowest BCUT2D eigenvalue weighted by molar-refractivity contribution is -0.333. The molecule has 6 unspecified atom stereocenters. The van der Waals surface area contributed by atoms with Crippen molar-refractivity contribution in [3.8, 4) is 0 Å². The van der Waals surface area contributed by atoms with Gasteiger partial charge in [-0.15, -0.1) is 0 Å². The number of fused-ring (bicyclic) bond motifs is 5. The molecule has 1 N–H and O–H groups in total. The van der Waals surface area contributed by atoms with E-state index in [-0.39, 0.29) is 18.8 Å². The summed E-state index contributed by atoms with van der Waals surface area (Å²) in [5.74, 6) is -2.36. The molecule has 1 heterocycles. The van der Waals surface area contributed by atoms with Gasteiger partial charge in [0.1, 0.15) is 23.6 Å². The second-order valence-electron chi connectivity index (χ2n) is 11.5. The van der Waals surface area contributed by atoms with Crippen LogP contribution in [-0.4, -0.2) is 66.1 Å². The number of hydrogen-bond donors (Lipinski definition) is 1. The van der Waals surface area contributed by atoms with Gasteiger partial charge in [0.2, 0.25) is 0 Å². The zero-order chi connectivity index (χ0) is 25.4. The van der Waals surface area contributed by atoms with Crippen LogP contribution in [0.15, 0.2) is 11.1 Å². The average Bonchev–Trinajstić information content (AvgIpc) is 2.71. The Kier molecular flexibility index (Phi) is 5.86. The SMILES string of the molecule is COC1CC2(O)C(OC(C)=O)C3C4(OC(C)=O)COC4CC[C@@]3(C)C(=O)[C@H](C)C(=C1C)C2(C)C. The number of aliphatic hydroxyl groups is 1. The maximum Gasteiger partial charge on any atom is 0.303 e. The third-order valence-electron chi connectivity index (χ3n) is 9.43. The van der Waals surface area contributed by atoms with Gasteiger partial charge in [-0.05, 0) is 30.9 Å². The summed E-state index contributed by atoms with van der Waals surface area (Å²) in [6.45, 7) is 12.2. The topological polar surface area (TPSA) is 108 Å². The maximum absolute atomic E-state index is 14.3. The second-order valence-corrected chi connectivity index (χ2v) is 11.5. The van der Waals surface area contributed by atoms with Gasteiger partial charge in [-0.1, -0.05) is 27.7 Å². The molecule has 8 heteroatoms. The Bertz CT molecular complexity index is 952. The van der Waals surface area contributed by atoms with Gasteiger partial charge in [0.15, 0.2) is 5.60 Å². The molecule has 190 valence electrons. The molecular weight excluding hydrogens is 440 g/mol. The minimum absolute atomic E-state index is 0.00671. The molecule has 0 aromatic carbocycles. The highest BCUT2D eigenvalue weighted by Gasteiger charge is 2.75. The average molecular weight is 479 g/mol. The molecule has 3 fully saturated rings. The van der Waals surface area contributed by atoms with Crippen LogP contribution < -0.4 is 0 Å². The van der Waals surface area contributed by atoms with E-state index in [1.165, 1.54) is 13.8 Å². The van der Waals surface area contributed by atoms with Crippen LogP contribution in [-0.2, 0) is 33.3 Å². The fraction of sp³-hybridized carbons (Fsp3) is 0.808. The van der Waals surface area contributed by atoms with E-state index in [4.69, 9.17) is 18.9 Å². The van der Waals surface area contributed by atoms with E-state index < -0.39 is 64.1 Å². The summed E-state index contributed by atoms with van der Waals surface area (Å²) in [5.41, 5.74) is -2.93. The molecule has 4 aliphatic rings. The van der Waals surface area contributed by atoms with Gasteiger partial charge >= 0.3 is 11.9 Å². The van der Waals surface area contributed by atoms with Crippen molar-refractivity contribution in [1.29, 1.82) is 0 Å². The summed E-state index contributed by atoms with van der Waals surface area (Å²) in [7, 11) is 1.57. The molecule has 1 aliphatic heterocycles. The fourth-order valence-corrected chi connectivity index (χ4v) is 7.85. The molecule has 0 aromatic rings. The summed E-state index contributed by atoms with van der Waals surface area (Å²) in [5, 5.41) is 12.6. The van der Waals surface area contributed by atoms with Crippen molar-refractivity contribution in [3.63, 3.8) is 0 Å². The van der Waals surface area contributed by atoms with Crippen LogP contribution in [0.1, 0.15) is 67.7 Å². The van der Waals surface area contributed by atoms with Crippen molar-refractivity contribution in [1.82, 2.24) is 0 Å². The fourth-order valence-electron chi connectivity index (χ4n) is 7.85. The third-order valence-corrected chi connectivity index (χ3v) is 9.43. The van der Waals surface area contributed by atoms with Gasteiger partial charge in [-0.25, -0.2) is 0 Å². The lowest BCUT2D eigenvalue weighted by Gasteiger charge is -2.66. The molecule has 2 saturated carbocycles. The molecule has 0 spiro atoms. The Morgan fingerprint density at radius 2 is 1.79 bits per heavy atom. The Morgan fingerprint density at radius 3 is 2.29 bits per heavy atom. The quantitative estimate of drug-likeness (QED) is 0.487. The molecule has 34 heavy (non-hydrogen) atoms. The highest BCUT2D eigenvalue weighted by Crippen LogP contribution is 2.64. The molecule has 3 aliphatic carbocycles. The Balaban J connectivity index is 2.05. The minimum atomic E-state index is -1.58. The Hall–Kier alpha value is -1.77. The van der Waals surface area contributed by atoms with Gasteiger partial charge in [0.25, 0.3) is 0 Å². The van der Waals surface area contributed by atoms with E-state index in [0.29, 0.717) is 12.8 Å². The number of hydrogen-bond acceptors (Lipinski definition) is 8. The monoisotopic (exact) mass is 478 g/mol. The first-order valence-corrected chi connectivity index (χ1v) is 12.2. The standard InChI is InChI=1S/C26H38O8/c1-13-17(31-8)11-26(30)22(33-15(3)27)20-24(7,21(29)14(2)19(13)23(26,5)6)10-9-18-25(20,12-32-18)34-16(4)28/h14,17-18,20,22,30H,9-12H2,1-8H3/t14-,17?,18?,20?,22?,24-,25?,26?/m1/s1. The van der Waals surface area contributed by atoms with Gasteiger partial charge in [-0.2, -0.15) is 0 Å². The number of rotatable bonds is 3. The number of carbonyl (C=O) groups excluding carboxylic acids is 3. The second kappa shape index (κ2) is 7.87. The first kappa shape index (κ1) is 25.3. The predicted octanol–water partition coefficient (Wildman–Crippen LogP) is 2.75. The van der Waals surface area contributed by atoms with Crippen LogP contribution in [0.3, 0.4) is 0 Å². The van der Waals surface area contributed by atoms with E-state index in [9.17, 15) is 19.5 Å². The summed E-state index contributed by atoms with van der Waals surface area (Å²) < 4.78 is 23.5. The summed E-state index contributed by atoms with van der Waals surface area (Å²) in [6.07, 6.45) is -0.811. The van der Waals surface area contributed by atoms with E-state index in [1.54, 1.807) is 7.11 Å². The molecule has 8 nitrogen and oxygen atoms in total. The molecule has 8 atom stereocenters. The van der Waals surface area contributed by atoms with Crippen molar-refractivity contribution in [2.45, 2.75) is 97.2 Å². The maximum atomic E-state index is 14.3. The largest absolute Gasteiger partial charge is 0.459 e. The van der Waals surface area contributed by atoms with Crippen molar-refractivity contribution in [2.75, 3.05) is 13.7 Å². The zero-order valence-electron chi connectivity index (χ0n) is 21.5. The van der Waals surface area contributed by atoms with Gasteiger partial charge in [0.05, 0.1) is 18.6 Å². The Morgan fingerprint density at radius 1 is 1.15 bits per heavy atom. The first-order chi connectivity index (χ1) is 15.7. The lowest BCUT2D eigenvalue weighted by Crippen LogP contribution is -2.79. The molecule has 1 saturated heterocycles. The highest BCUT2D eigenvalue weighted by molar-refractivity contribution is 5.90. The van der Waals surface area contributed by atoms with E-state index in [0.717, 1.165) is 11.1 Å². The predicted molar refractivity (Wildman–Crippen MR) is 122 cm³/mol. The van der Waals surface area contributed by atoms with Crippen LogP contribution in [0.5, 0.6) is 0 Å². The van der Waals surface area contributed by atoms with Crippen molar-refractivity contribution >= 4 is 17.7 Å². The smallest absolute Gasteiger partial charge is 0.303 e.